The Morgan fingerprint density at radius 2 is 1.83 bits per heavy atom. The molecule has 9 heteroatoms. The van der Waals surface area contributed by atoms with E-state index >= 15 is 0 Å². The maximum Gasteiger partial charge on any atom is 0.244 e. The quantitative estimate of drug-likeness (QED) is 0.764. The van der Waals surface area contributed by atoms with Crippen molar-refractivity contribution < 1.29 is 9.59 Å². The number of aromatic nitrogens is 2. The zero-order valence-corrected chi connectivity index (χ0v) is 18.2. The molecule has 162 valence electrons. The third-order valence-electron chi connectivity index (χ3n) is 5.91. The summed E-state index contributed by atoms with van der Waals surface area (Å²) in [5, 5.41) is 7.28. The molecule has 2 saturated heterocycles. The van der Waals surface area contributed by atoms with Crippen LogP contribution in [0.25, 0.3) is 0 Å². The normalized spacial score (nSPS) is 20.9. The van der Waals surface area contributed by atoms with Crippen molar-refractivity contribution in [2.24, 2.45) is 7.05 Å². The second-order valence-electron chi connectivity index (χ2n) is 7.66. The highest BCUT2D eigenvalue weighted by atomic mass is 35.5. The molecule has 2 aliphatic rings. The van der Waals surface area contributed by atoms with E-state index in [-0.39, 0.29) is 30.3 Å². The predicted octanol–water partition coefficient (Wildman–Crippen LogP) is 1.05. The van der Waals surface area contributed by atoms with E-state index in [0.717, 1.165) is 24.2 Å². The number of rotatable bonds is 5. The maximum atomic E-state index is 13.0. The molecular formula is C21H29ClN6O2. The van der Waals surface area contributed by atoms with Crippen LogP contribution in [0.4, 0.5) is 5.69 Å². The molecule has 1 aromatic heterocycles. The SMILES string of the molecule is CNC(C(=O)N1CCN(C2CCN(c3ccccc3)C2=O)CC1)c1cnn(C)c1.Cl. The van der Waals surface area contributed by atoms with Crippen LogP contribution in [-0.4, -0.2) is 77.2 Å². The van der Waals surface area contributed by atoms with Crippen molar-refractivity contribution in [2.75, 3.05) is 44.7 Å². The zero-order chi connectivity index (χ0) is 20.4. The first-order chi connectivity index (χ1) is 14.1. The number of anilines is 1. The number of nitrogens with one attached hydrogen (secondary N) is 1. The second-order valence-corrected chi connectivity index (χ2v) is 7.66. The van der Waals surface area contributed by atoms with Gasteiger partial charge in [-0.2, -0.15) is 5.10 Å². The Labute approximate surface area is 183 Å². The Kier molecular flexibility index (Phi) is 7.12. The molecule has 30 heavy (non-hydrogen) atoms. The van der Waals surface area contributed by atoms with E-state index in [0.29, 0.717) is 26.2 Å². The van der Waals surface area contributed by atoms with Crippen molar-refractivity contribution in [2.45, 2.75) is 18.5 Å². The van der Waals surface area contributed by atoms with Gasteiger partial charge in [0.15, 0.2) is 0 Å². The molecule has 0 radical (unpaired) electrons. The van der Waals surface area contributed by atoms with Crippen molar-refractivity contribution in [3.63, 3.8) is 0 Å². The van der Waals surface area contributed by atoms with Gasteiger partial charge in [0.2, 0.25) is 11.8 Å². The second kappa shape index (κ2) is 9.59. The fourth-order valence-electron chi connectivity index (χ4n) is 4.33. The molecule has 2 aromatic rings. The highest BCUT2D eigenvalue weighted by molar-refractivity contribution is 5.99. The molecule has 0 bridgehead atoms. The Balaban J connectivity index is 0.00000256. The third-order valence-corrected chi connectivity index (χ3v) is 5.91. The minimum absolute atomic E-state index is 0. The van der Waals surface area contributed by atoms with E-state index in [1.54, 1.807) is 17.9 Å². The third kappa shape index (κ3) is 4.35. The Hall–Kier alpha value is -2.42. The summed E-state index contributed by atoms with van der Waals surface area (Å²) in [7, 11) is 3.64. The number of piperazine rings is 1. The number of amides is 2. The van der Waals surface area contributed by atoms with Crippen LogP contribution >= 0.6 is 12.4 Å². The molecule has 2 aliphatic heterocycles. The highest BCUT2D eigenvalue weighted by Gasteiger charge is 2.38. The summed E-state index contributed by atoms with van der Waals surface area (Å²) in [5.74, 6) is 0.225. The van der Waals surface area contributed by atoms with Crippen molar-refractivity contribution in [1.29, 1.82) is 0 Å². The number of likely N-dealkylation sites (N-methyl/N-ethyl adjacent to an activating group) is 1. The molecule has 0 spiro atoms. The minimum atomic E-state index is -0.392. The molecule has 2 atom stereocenters. The molecule has 4 rings (SSSR count). The summed E-state index contributed by atoms with van der Waals surface area (Å²) in [5.41, 5.74) is 1.83. The van der Waals surface area contributed by atoms with E-state index in [1.165, 1.54) is 0 Å². The van der Waals surface area contributed by atoms with Gasteiger partial charge in [-0.3, -0.25) is 19.2 Å². The van der Waals surface area contributed by atoms with Crippen LogP contribution in [0.1, 0.15) is 18.0 Å². The van der Waals surface area contributed by atoms with Crippen molar-refractivity contribution >= 4 is 29.9 Å². The van der Waals surface area contributed by atoms with Gasteiger partial charge in [0.1, 0.15) is 6.04 Å². The lowest BCUT2D eigenvalue weighted by Crippen LogP contribution is -2.55. The maximum absolute atomic E-state index is 13.0. The lowest BCUT2D eigenvalue weighted by molar-refractivity contribution is -0.136. The average molecular weight is 433 g/mol. The molecule has 3 heterocycles. The van der Waals surface area contributed by atoms with Gasteiger partial charge in [-0.15, -0.1) is 12.4 Å². The van der Waals surface area contributed by atoms with Gasteiger partial charge in [0.05, 0.1) is 12.2 Å². The first-order valence-corrected chi connectivity index (χ1v) is 10.1. The summed E-state index contributed by atoms with van der Waals surface area (Å²) in [6.07, 6.45) is 4.42. The number of benzene rings is 1. The summed E-state index contributed by atoms with van der Waals surface area (Å²) in [6.45, 7) is 3.44. The Morgan fingerprint density at radius 1 is 1.13 bits per heavy atom. The van der Waals surface area contributed by atoms with E-state index in [9.17, 15) is 9.59 Å². The first kappa shape index (κ1) is 22.3. The number of hydrogen-bond acceptors (Lipinski definition) is 5. The Bertz CT molecular complexity index is 865. The number of carbonyl (C=O) groups excluding carboxylic acids is 2. The van der Waals surface area contributed by atoms with Crippen LogP contribution in [0.3, 0.4) is 0 Å². The molecular weight excluding hydrogens is 404 g/mol. The summed E-state index contributed by atoms with van der Waals surface area (Å²) in [4.78, 5) is 31.9. The van der Waals surface area contributed by atoms with E-state index in [4.69, 9.17) is 0 Å². The molecule has 2 amide bonds. The monoisotopic (exact) mass is 432 g/mol. The minimum Gasteiger partial charge on any atom is -0.338 e. The molecule has 2 unspecified atom stereocenters. The van der Waals surface area contributed by atoms with Crippen LogP contribution < -0.4 is 10.2 Å². The predicted molar refractivity (Wildman–Crippen MR) is 118 cm³/mol. The van der Waals surface area contributed by atoms with Crippen molar-refractivity contribution in [3.05, 3.63) is 48.3 Å². The van der Waals surface area contributed by atoms with Gasteiger partial charge in [-0.1, -0.05) is 18.2 Å². The highest BCUT2D eigenvalue weighted by Crippen LogP contribution is 2.25. The number of hydrogen-bond donors (Lipinski definition) is 1. The molecule has 1 N–H and O–H groups in total. The van der Waals surface area contributed by atoms with Crippen molar-refractivity contribution in [3.8, 4) is 0 Å². The van der Waals surface area contributed by atoms with Gasteiger partial charge in [-0.25, -0.2) is 0 Å². The number of nitrogens with zero attached hydrogens (tertiary/aromatic N) is 5. The average Bonchev–Trinajstić information content (AvgIpc) is 3.35. The van der Waals surface area contributed by atoms with Gasteiger partial charge < -0.3 is 15.1 Å². The topological polar surface area (TPSA) is 73.7 Å². The van der Waals surface area contributed by atoms with Gasteiger partial charge in [0, 0.05) is 57.2 Å². The van der Waals surface area contributed by atoms with E-state index in [2.05, 4.69) is 15.3 Å². The van der Waals surface area contributed by atoms with Crippen LogP contribution in [0, 0.1) is 0 Å². The van der Waals surface area contributed by atoms with Gasteiger partial charge in [0.25, 0.3) is 0 Å². The number of halogens is 1. The van der Waals surface area contributed by atoms with Crippen LogP contribution in [0.2, 0.25) is 0 Å². The summed E-state index contributed by atoms with van der Waals surface area (Å²) < 4.78 is 1.70. The number of aryl methyl sites for hydroxylation is 1. The Morgan fingerprint density at radius 3 is 2.43 bits per heavy atom. The summed E-state index contributed by atoms with van der Waals surface area (Å²) in [6, 6.07) is 9.35. The number of para-hydroxylation sites is 1. The lowest BCUT2D eigenvalue weighted by atomic mass is 10.1. The zero-order valence-electron chi connectivity index (χ0n) is 17.4. The molecule has 0 aliphatic carbocycles. The summed E-state index contributed by atoms with van der Waals surface area (Å²) >= 11 is 0. The van der Waals surface area contributed by atoms with Crippen LogP contribution in [-0.2, 0) is 16.6 Å². The fraction of sp³-hybridized carbons (Fsp3) is 0.476. The molecule has 0 saturated carbocycles. The van der Waals surface area contributed by atoms with E-state index < -0.39 is 6.04 Å². The fourth-order valence-corrected chi connectivity index (χ4v) is 4.33. The van der Waals surface area contributed by atoms with E-state index in [1.807, 2.05) is 53.4 Å². The van der Waals surface area contributed by atoms with Gasteiger partial charge >= 0.3 is 0 Å². The largest absolute Gasteiger partial charge is 0.338 e. The van der Waals surface area contributed by atoms with Crippen LogP contribution in [0.5, 0.6) is 0 Å². The first-order valence-electron chi connectivity index (χ1n) is 10.1. The standard InChI is InChI=1S/C21H28N6O2.ClH/c1-22-19(16-14-23-24(2)15-16)21(29)26-12-10-25(11-13-26)18-8-9-27(20(18)28)17-6-4-3-5-7-17;/h3-7,14-15,18-19,22H,8-13H2,1-2H3;1H. The molecule has 1 aromatic carbocycles. The van der Waals surface area contributed by atoms with Crippen LogP contribution in [0.15, 0.2) is 42.7 Å². The lowest BCUT2D eigenvalue weighted by Gasteiger charge is -2.38. The smallest absolute Gasteiger partial charge is 0.244 e. The molecule has 2 fully saturated rings. The number of carbonyl (C=O) groups is 2. The molecule has 8 nitrogen and oxygen atoms in total. The van der Waals surface area contributed by atoms with Gasteiger partial charge in [-0.05, 0) is 25.6 Å². The van der Waals surface area contributed by atoms with Crippen molar-refractivity contribution in [1.82, 2.24) is 24.9 Å².